The van der Waals surface area contributed by atoms with E-state index in [2.05, 4.69) is 65.5 Å². The van der Waals surface area contributed by atoms with Gasteiger partial charge in [-0.15, -0.1) is 0 Å². The van der Waals surface area contributed by atoms with Gasteiger partial charge in [-0.2, -0.15) is 5.10 Å². The van der Waals surface area contributed by atoms with Gasteiger partial charge >= 0.3 is 0 Å². The highest BCUT2D eigenvalue weighted by atomic mass is 16.5. The van der Waals surface area contributed by atoms with Crippen molar-refractivity contribution in [3.8, 4) is 5.75 Å². The van der Waals surface area contributed by atoms with Crippen molar-refractivity contribution in [2.45, 2.75) is 38.5 Å². The van der Waals surface area contributed by atoms with Gasteiger partial charge in [0.1, 0.15) is 12.4 Å². The predicted octanol–water partition coefficient (Wildman–Crippen LogP) is 3.16. The van der Waals surface area contributed by atoms with E-state index in [1.165, 1.54) is 11.1 Å². The van der Waals surface area contributed by atoms with Crippen LogP contribution in [0, 0.1) is 0 Å². The molecule has 1 saturated heterocycles. The molecule has 1 aromatic heterocycles. The SMILES string of the molecule is CN=C(NCCOc1cccc(C(C)(C)C)c1)N1CCC(c2cnn(C)c2)C1. The Morgan fingerprint density at radius 3 is 2.86 bits per heavy atom. The van der Waals surface area contributed by atoms with Gasteiger partial charge in [-0.3, -0.25) is 9.67 Å². The number of nitrogens with zero attached hydrogens (tertiary/aromatic N) is 4. The summed E-state index contributed by atoms with van der Waals surface area (Å²) in [5.74, 6) is 2.38. The Morgan fingerprint density at radius 2 is 2.18 bits per heavy atom. The molecule has 2 aromatic rings. The van der Waals surface area contributed by atoms with Crippen molar-refractivity contribution < 1.29 is 4.74 Å². The Hall–Kier alpha value is -2.50. The van der Waals surface area contributed by atoms with Crippen LogP contribution in [-0.2, 0) is 12.5 Å². The van der Waals surface area contributed by atoms with Crippen molar-refractivity contribution >= 4 is 5.96 Å². The van der Waals surface area contributed by atoms with E-state index < -0.39 is 0 Å². The minimum Gasteiger partial charge on any atom is -0.492 e. The van der Waals surface area contributed by atoms with E-state index in [9.17, 15) is 0 Å². The monoisotopic (exact) mass is 383 g/mol. The number of hydrogen-bond donors (Lipinski definition) is 1. The maximum absolute atomic E-state index is 5.95. The van der Waals surface area contributed by atoms with Gasteiger partial charge < -0.3 is 15.0 Å². The number of aryl methyl sites for hydroxylation is 1. The number of benzene rings is 1. The summed E-state index contributed by atoms with van der Waals surface area (Å²) in [6, 6.07) is 8.36. The van der Waals surface area contributed by atoms with Crippen LogP contribution in [0.15, 0.2) is 41.7 Å². The zero-order valence-electron chi connectivity index (χ0n) is 17.8. The first-order valence-corrected chi connectivity index (χ1v) is 10.0. The summed E-state index contributed by atoms with van der Waals surface area (Å²) in [5.41, 5.74) is 2.72. The lowest BCUT2D eigenvalue weighted by Gasteiger charge is -2.22. The Balaban J connectivity index is 1.46. The number of likely N-dealkylation sites (tertiary alicyclic amines) is 1. The van der Waals surface area contributed by atoms with Crippen LogP contribution in [0.1, 0.15) is 44.2 Å². The van der Waals surface area contributed by atoms with Crippen LogP contribution < -0.4 is 10.1 Å². The number of hydrogen-bond acceptors (Lipinski definition) is 3. The van der Waals surface area contributed by atoms with E-state index in [0.717, 1.165) is 37.8 Å². The molecule has 152 valence electrons. The molecule has 0 bridgehead atoms. The van der Waals surface area contributed by atoms with Gasteiger partial charge in [-0.05, 0) is 35.1 Å². The molecule has 0 saturated carbocycles. The molecular weight excluding hydrogens is 350 g/mol. The molecule has 0 radical (unpaired) electrons. The third-order valence-electron chi connectivity index (χ3n) is 5.25. The van der Waals surface area contributed by atoms with Gasteiger partial charge in [-0.25, -0.2) is 0 Å². The number of aromatic nitrogens is 2. The molecule has 0 amide bonds. The number of aliphatic imine (C=N–C) groups is 1. The molecule has 6 heteroatoms. The molecule has 0 aliphatic carbocycles. The highest BCUT2D eigenvalue weighted by Gasteiger charge is 2.26. The molecule has 1 fully saturated rings. The minimum absolute atomic E-state index is 0.125. The Kier molecular flexibility index (Phi) is 6.27. The fourth-order valence-electron chi connectivity index (χ4n) is 3.59. The maximum atomic E-state index is 5.95. The summed E-state index contributed by atoms with van der Waals surface area (Å²) in [6.45, 7) is 9.95. The number of guanidine groups is 1. The topological polar surface area (TPSA) is 54.7 Å². The van der Waals surface area contributed by atoms with Gasteiger partial charge in [0, 0.05) is 39.3 Å². The molecule has 28 heavy (non-hydrogen) atoms. The smallest absolute Gasteiger partial charge is 0.193 e. The van der Waals surface area contributed by atoms with Crippen LogP contribution in [0.3, 0.4) is 0 Å². The van der Waals surface area contributed by atoms with E-state index in [-0.39, 0.29) is 5.41 Å². The van der Waals surface area contributed by atoms with E-state index in [4.69, 9.17) is 4.74 Å². The first-order chi connectivity index (χ1) is 13.4. The third-order valence-corrected chi connectivity index (χ3v) is 5.25. The number of ether oxygens (including phenoxy) is 1. The standard InChI is InChI=1S/C22H33N5O/c1-22(2,3)19-7-6-8-20(13-19)28-12-10-24-21(23-4)27-11-9-17(16-27)18-14-25-26(5)15-18/h6-8,13-15,17H,9-12,16H2,1-5H3,(H,23,24). The number of nitrogens with one attached hydrogen (secondary N) is 1. The molecule has 1 aromatic carbocycles. The van der Waals surface area contributed by atoms with Gasteiger partial charge in [-0.1, -0.05) is 32.9 Å². The summed E-state index contributed by atoms with van der Waals surface area (Å²) in [5, 5.41) is 7.73. The van der Waals surface area contributed by atoms with Crippen molar-refractivity contribution in [3.05, 3.63) is 47.8 Å². The average Bonchev–Trinajstić information content (AvgIpc) is 3.30. The lowest BCUT2D eigenvalue weighted by molar-refractivity contribution is 0.318. The van der Waals surface area contributed by atoms with Crippen molar-refractivity contribution in [1.29, 1.82) is 0 Å². The average molecular weight is 384 g/mol. The van der Waals surface area contributed by atoms with Gasteiger partial charge in [0.25, 0.3) is 0 Å². The Bertz CT molecular complexity index is 805. The zero-order chi connectivity index (χ0) is 20.1. The van der Waals surface area contributed by atoms with Crippen molar-refractivity contribution in [2.24, 2.45) is 12.0 Å². The van der Waals surface area contributed by atoms with E-state index >= 15 is 0 Å². The fourth-order valence-corrected chi connectivity index (χ4v) is 3.59. The predicted molar refractivity (Wildman–Crippen MR) is 114 cm³/mol. The van der Waals surface area contributed by atoms with Crippen LogP contribution in [0.5, 0.6) is 5.75 Å². The molecule has 1 unspecified atom stereocenters. The fraction of sp³-hybridized carbons (Fsp3) is 0.545. The summed E-state index contributed by atoms with van der Waals surface area (Å²) in [7, 11) is 3.81. The normalized spacial score (nSPS) is 17.8. The number of rotatable bonds is 5. The first kappa shape index (κ1) is 20.2. The van der Waals surface area contributed by atoms with E-state index in [1.807, 2.05) is 31.0 Å². The van der Waals surface area contributed by atoms with E-state index in [0.29, 0.717) is 12.5 Å². The zero-order valence-corrected chi connectivity index (χ0v) is 17.8. The molecule has 3 rings (SSSR count). The molecule has 0 spiro atoms. The molecule has 2 heterocycles. The second-order valence-electron chi connectivity index (χ2n) is 8.48. The van der Waals surface area contributed by atoms with Crippen LogP contribution in [0.25, 0.3) is 0 Å². The van der Waals surface area contributed by atoms with Crippen molar-refractivity contribution in [2.75, 3.05) is 33.3 Å². The molecule has 6 nitrogen and oxygen atoms in total. The van der Waals surface area contributed by atoms with Crippen LogP contribution in [0.2, 0.25) is 0 Å². The quantitative estimate of drug-likeness (QED) is 0.490. The highest BCUT2D eigenvalue weighted by molar-refractivity contribution is 5.80. The van der Waals surface area contributed by atoms with Gasteiger partial charge in [0.05, 0.1) is 12.7 Å². The summed E-state index contributed by atoms with van der Waals surface area (Å²) < 4.78 is 7.82. The lowest BCUT2D eigenvalue weighted by Crippen LogP contribution is -2.41. The molecule has 1 aliphatic rings. The second kappa shape index (κ2) is 8.67. The van der Waals surface area contributed by atoms with E-state index in [1.54, 1.807) is 0 Å². The van der Waals surface area contributed by atoms with Crippen LogP contribution in [0.4, 0.5) is 0 Å². The Morgan fingerprint density at radius 1 is 1.36 bits per heavy atom. The maximum Gasteiger partial charge on any atom is 0.193 e. The highest BCUT2D eigenvalue weighted by Crippen LogP contribution is 2.27. The van der Waals surface area contributed by atoms with Gasteiger partial charge in [0.15, 0.2) is 5.96 Å². The van der Waals surface area contributed by atoms with Crippen LogP contribution in [-0.4, -0.2) is 53.9 Å². The van der Waals surface area contributed by atoms with Crippen molar-refractivity contribution in [1.82, 2.24) is 20.0 Å². The largest absolute Gasteiger partial charge is 0.492 e. The molecular formula is C22H33N5O. The minimum atomic E-state index is 0.125. The van der Waals surface area contributed by atoms with Gasteiger partial charge in [0.2, 0.25) is 0 Å². The summed E-state index contributed by atoms with van der Waals surface area (Å²) in [4.78, 5) is 6.77. The Labute approximate surface area is 168 Å². The molecule has 1 N–H and O–H groups in total. The molecule has 1 atom stereocenters. The second-order valence-corrected chi connectivity index (χ2v) is 8.48. The summed E-state index contributed by atoms with van der Waals surface area (Å²) >= 11 is 0. The summed E-state index contributed by atoms with van der Waals surface area (Å²) in [6.07, 6.45) is 5.22. The third kappa shape index (κ3) is 5.06. The first-order valence-electron chi connectivity index (χ1n) is 10.0. The molecule has 1 aliphatic heterocycles. The van der Waals surface area contributed by atoms with Crippen molar-refractivity contribution in [3.63, 3.8) is 0 Å². The van der Waals surface area contributed by atoms with Crippen LogP contribution >= 0.6 is 0 Å². The lowest BCUT2D eigenvalue weighted by atomic mass is 9.87.